The highest BCUT2D eigenvalue weighted by Crippen LogP contribution is 2.23. The molecule has 0 saturated heterocycles. The van der Waals surface area contributed by atoms with Crippen LogP contribution >= 0.6 is 11.6 Å². The highest BCUT2D eigenvalue weighted by atomic mass is 35.5. The van der Waals surface area contributed by atoms with Crippen LogP contribution in [0.3, 0.4) is 0 Å². The summed E-state index contributed by atoms with van der Waals surface area (Å²) in [6.45, 7) is 0.689. The first-order chi connectivity index (χ1) is 13.2. The molecule has 0 unspecified atom stereocenters. The van der Waals surface area contributed by atoms with Crippen molar-refractivity contribution in [3.8, 4) is 5.75 Å². The molecule has 0 saturated carbocycles. The van der Waals surface area contributed by atoms with Gasteiger partial charge >= 0.3 is 0 Å². The Hall–Kier alpha value is -2.25. The summed E-state index contributed by atoms with van der Waals surface area (Å²) in [5.74, 6) is 0.527. The van der Waals surface area contributed by atoms with Gasteiger partial charge in [0.2, 0.25) is 15.9 Å². The molecule has 0 atom stereocenters. The smallest absolute Gasteiger partial charge is 0.232 e. The van der Waals surface area contributed by atoms with Crippen molar-refractivity contribution in [1.29, 1.82) is 0 Å². The molecule has 0 bridgehead atoms. The molecule has 0 radical (unpaired) electrons. The van der Waals surface area contributed by atoms with E-state index in [4.69, 9.17) is 16.3 Å². The van der Waals surface area contributed by atoms with Gasteiger partial charge in [-0.3, -0.25) is 9.10 Å². The number of methoxy groups -OCH3 is 1. The van der Waals surface area contributed by atoms with Crippen LogP contribution in [0, 0.1) is 0 Å². The molecule has 6 nitrogen and oxygen atoms in total. The van der Waals surface area contributed by atoms with Gasteiger partial charge in [-0.15, -0.1) is 0 Å². The molecule has 0 aliphatic carbocycles. The SMILES string of the molecule is COc1cccc(N(CCCC(=O)N(C)Cc2ccc(Cl)cc2)S(C)(=O)=O)c1. The van der Waals surface area contributed by atoms with Crippen LogP contribution in [0.1, 0.15) is 18.4 Å². The van der Waals surface area contributed by atoms with Crippen LogP contribution in [0.2, 0.25) is 5.02 Å². The monoisotopic (exact) mass is 424 g/mol. The Morgan fingerprint density at radius 3 is 2.43 bits per heavy atom. The van der Waals surface area contributed by atoms with E-state index in [0.29, 0.717) is 29.4 Å². The third kappa shape index (κ3) is 6.42. The molecule has 0 aromatic heterocycles. The van der Waals surface area contributed by atoms with Gasteiger partial charge in [0.05, 0.1) is 19.1 Å². The third-order valence-electron chi connectivity index (χ3n) is 4.25. The molecule has 0 aliphatic heterocycles. The van der Waals surface area contributed by atoms with Crippen molar-refractivity contribution in [3.05, 3.63) is 59.1 Å². The average molecular weight is 425 g/mol. The summed E-state index contributed by atoms with van der Waals surface area (Å²) in [4.78, 5) is 14.0. The molecule has 0 fully saturated rings. The predicted molar refractivity (Wildman–Crippen MR) is 112 cm³/mol. The topological polar surface area (TPSA) is 66.9 Å². The minimum Gasteiger partial charge on any atom is -0.497 e. The maximum absolute atomic E-state index is 12.4. The standard InChI is InChI=1S/C20H25ClN2O4S/c1-22(15-16-9-11-17(21)12-10-16)20(24)8-5-13-23(28(3,25)26)18-6-4-7-19(14-18)27-2/h4,6-7,9-12,14H,5,8,13,15H2,1-3H3. The zero-order valence-corrected chi connectivity index (χ0v) is 17.8. The molecule has 2 aromatic carbocycles. The Kier molecular flexibility index (Phi) is 7.71. The van der Waals surface area contributed by atoms with E-state index in [-0.39, 0.29) is 18.9 Å². The molecule has 1 amide bonds. The van der Waals surface area contributed by atoms with E-state index in [1.807, 2.05) is 12.1 Å². The molecule has 0 spiro atoms. The van der Waals surface area contributed by atoms with Crippen molar-refractivity contribution in [2.45, 2.75) is 19.4 Å². The van der Waals surface area contributed by atoms with Gasteiger partial charge in [-0.25, -0.2) is 8.42 Å². The van der Waals surface area contributed by atoms with E-state index in [0.717, 1.165) is 11.8 Å². The van der Waals surface area contributed by atoms with E-state index < -0.39 is 10.0 Å². The van der Waals surface area contributed by atoms with Crippen molar-refractivity contribution in [2.24, 2.45) is 0 Å². The molecular formula is C20H25ClN2O4S. The number of hydrogen-bond acceptors (Lipinski definition) is 4. The van der Waals surface area contributed by atoms with Crippen LogP contribution in [0.25, 0.3) is 0 Å². The fraction of sp³-hybridized carbons (Fsp3) is 0.350. The van der Waals surface area contributed by atoms with Crippen LogP contribution in [0.4, 0.5) is 5.69 Å². The van der Waals surface area contributed by atoms with Gasteiger partial charge in [0.1, 0.15) is 5.75 Å². The number of carbonyl (C=O) groups excluding carboxylic acids is 1. The summed E-state index contributed by atoms with van der Waals surface area (Å²) in [5.41, 5.74) is 1.50. The van der Waals surface area contributed by atoms with Crippen LogP contribution in [-0.2, 0) is 21.4 Å². The number of nitrogens with zero attached hydrogens (tertiary/aromatic N) is 2. The van der Waals surface area contributed by atoms with Gasteiger partial charge in [0, 0.05) is 37.6 Å². The van der Waals surface area contributed by atoms with Crippen molar-refractivity contribution in [3.63, 3.8) is 0 Å². The lowest BCUT2D eigenvalue weighted by atomic mass is 10.2. The molecule has 0 heterocycles. The number of amides is 1. The van der Waals surface area contributed by atoms with Gasteiger partial charge < -0.3 is 9.64 Å². The van der Waals surface area contributed by atoms with Gasteiger partial charge in [-0.2, -0.15) is 0 Å². The lowest BCUT2D eigenvalue weighted by molar-refractivity contribution is -0.130. The van der Waals surface area contributed by atoms with E-state index in [1.54, 1.807) is 48.3 Å². The Labute approximate surface area is 171 Å². The van der Waals surface area contributed by atoms with Gasteiger partial charge in [0.25, 0.3) is 0 Å². The van der Waals surface area contributed by atoms with Crippen molar-refractivity contribution >= 4 is 33.2 Å². The lowest BCUT2D eigenvalue weighted by Gasteiger charge is -2.23. The van der Waals surface area contributed by atoms with Gasteiger partial charge in [-0.05, 0) is 36.2 Å². The van der Waals surface area contributed by atoms with E-state index in [9.17, 15) is 13.2 Å². The number of anilines is 1. The first kappa shape index (κ1) is 22.0. The quantitative estimate of drug-likeness (QED) is 0.617. The number of hydrogen-bond donors (Lipinski definition) is 0. The van der Waals surface area contributed by atoms with E-state index in [2.05, 4.69) is 0 Å². The van der Waals surface area contributed by atoms with Crippen molar-refractivity contribution < 1.29 is 17.9 Å². The van der Waals surface area contributed by atoms with E-state index in [1.165, 1.54) is 11.4 Å². The predicted octanol–water partition coefficient (Wildman–Crippen LogP) is 3.55. The fourth-order valence-corrected chi connectivity index (χ4v) is 3.85. The van der Waals surface area contributed by atoms with Crippen molar-refractivity contribution in [2.75, 3.05) is 31.3 Å². The zero-order chi connectivity index (χ0) is 20.7. The number of sulfonamides is 1. The number of benzene rings is 2. The summed E-state index contributed by atoms with van der Waals surface area (Å²) < 4.78 is 30.8. The number of halogens is 1. The molecule has 152 valence electrons. The van der Waals surface area contributed by atoms with Crippen LogP contribution < -0.4 is 9.04 Å². The van der Waals surface area contributed by atoms with E-state index >= 15 is 0 Å². The molecular weight excluding hydrogens is 400 g/mol. The molecule has 28 heavy (non-hydrogen) atoms. The molecule has 8 heteroatoms. The second-order valence-electron chi connectivity index (χ2n) is 6.52. The maximum Gasteiger partial charge on any atom is 0.232 e. The lowest BCUT2D eigenvalue weighted by Crippen LogP contribution is -2.32. The Morgan fingerprint density at radius 1 is 1.14 bits per heavy atom. The Morgan fingerprint density at radius 2 is 1.82 bits per heavy atom. The van der Waals surface area contributed by atoms with Crippen molar-refractivity contribution in [1.82, 2.24) is 4.90 Å². The van der Waals surface area contributed by atoms with Crippen LogP contribution in [-0.4, -0.2) is 46.2 Å². The minimum absolute atomic E-state index is 0.0472. The summed E-state index contributed by atoms with van der Waals surface area (Å²) in [6, 6.07) is 14.2. The number of carbonyl (C=O) groups is 1. The summed E-state index contributed by atoms with van der Waals surface area (Å²) in [7, 11) is -0.217. The molecule has 2 rings (SSSR count). The van der Waals surface area contributed by atoms with Crippen LogP contribution in [0.15, 0.2) is 48.5 Å². The third-order valence-corrected chi connectivity index (χ3v) is 5.70. The maximum atomic E-state index is 12.4. The van der Waals surface area contributed by atoms with Gasteiger partial charge in [0.15, 0.2) is 0 Å². The second-order valence-corrected chi connectivity index (χ2v) is 8.86. The number of ether oxygens (including phenoxy) is 1. The fourth-order valence-electron chi connectivity index (χ4n) is 2.77. The highest BCUT2D eigenvalue weighted by molar-refractivity contribution is 7.92. The summed E-state index contributed by atoms with van der Waals surface area (Å²) >= 11 is 5.87. The second kappa shape index (κ2) is 9.80. The summed E-state index contributed by atoms with van der Waals surface area (Å²) in [6.07, 6.45) is 1.81. The first-order valence-electron chi connectivity index (χ1n) is 8.81. The van der Waals surface area contributed by atoms with Gasteiger partial charge in [-0.1, -0.05) is 29.8 Å². The summed E-state index contributed by atoms with van der Waals surface area (Å²) in [5, 5.41) is 0.649. The first-order valence-corrected chi connectivity index (χ1v) is 11.0. The largest absolute Gasteiger partial charge is 0.497 e. The van der Waals surface area contributed by atoms with Crippen LogP contribution in [0.5, 0.6) is 5.75 Å². The number of rotatable bonds is 9. The molecule has 0 aliphatic rings. The normalized spacial score (nSPS) is 11.1. The zero-order valence-electron chi connectivity index (χ0n) is 16.3. The Balaban J connectivity index is 1.95. The average Bonchev–Trinajstić information content (AvgIpc) is 2.65. The minimum atomic E-state index is -3.47. The highest BCUT2D eigenvalue weighted by Gasteiger charge is 2.19. The molecule has 0 N–H and O–H groups in total. The molecule has 2 aromatic rings. The Bertz CT molecular complexity index is 901.